The van der Waals surface area contributed by atoms with Gasteiger partial charge >= 0.3 is 0 Å². The van der Waals surface area contributed by atoms with Crippen LogP contribution in [0.3, 0.4) is 0 Å². The number of hydrogen-bond donors (Lipinski definition) is 0. The van der Waals surface area contributed by atoms with Crippen LogP contribution in [0.5, 0.6) is 0 Å². The summed E-state index contributed by atoms with van der Waals surface area (Å²) in [7, 11) is 0. The van der Waals surface area contributed by atoms with Gasteiger partial charge in [0.25, 0.3) is 0 Å². The molecule has 0 aromatic heterocycles. The fourth-order valence-corrected chi connectivity index (χ4v) is 12.4. The van der Waals surface area contributed by atoms with Crippen LogP contribution >= 0.6 is 0 Å². The van der Waals surface area contributed by atoms with Crippen LogP contribution in [0.15, 0.2) is 121 Å². The molecule has 0 aliphatic heterocycles. The zero-order valence-electron chi connectivity index (χ0n) is 36.0. The van der Waals surface area contributed by atoms with Crippen molar-refractivity contribution < 1.29 is 0 Å². The number of hydrogen-bond acceptors (Lipinski definition) is 0. The maximum Gasteiger partial charge on any atom is 0.0159 e. The summed E-state index contributed by atoms with van der Waals surface area (Å²) in [5.74, 6) is 1.31. The van der Waals surface area contributed by atoms with E-state index >= 15 is 0 Å². The van der Waals surface area contributed by atoms with Crippen LogP contribution in [-0.4, -0.2) is 0 Å². The fourth-order valence-electron chi connectivity index (χ4n) is 12.4. The average Bonchev–Trinajstić information content (AvgIpc) is 3.81. The van der Waals surface area contributed by atoms with Crippen molar-refractivity contribution in [2.75, 3.05) is 0 Å². The number of rotatable bonds is 2. The molecule has 4 aliphatic rings. The molecule has 0 N–H and O–H groups in total. The lowest BCUT2D eigenvalue weighted by atomic mass is 9.75. The first kappa shape index (κ1) is 35.5. The first-order valence-corrected chi connectivity index (χ1v) is 22.3. The lowest BCUT2D eigenvalue weighted by molar-refractivity contribution is 0.400. The summed E-state index contributed by atoms with van der Waals surface area (Å²) in [6, 6.07) is 48.3. The van der Waals surface area contributed by atoms with Crippen molar-refractivity contribution in [1.82, 2.24) is 0 Å². The molecule has 0 amide bonds. The summed E-state index contributed by atoms with van der Waals surface area (Å²) >= 11 is 0. The second-order valence-corrected chi connectivity index (χ2v) is 21.1. The van der Waals surface area contributed by atoms with Crippen LogP contribution in [0.4, 0.5) is 0 Å². The minimum atomic E-state index is -0.147. The van der Waals surface area contributed by atoms with Gasteiger partial charge in [0.2, 0.25) is 0 Å². The van der Waals surface area contributed by atoms with Gasteiger partial charge in [-0.2, -0.15) is 0 Å². The molecule has 0 heterocycles. The highest BCUT2D eigenvalue weighted by Gasteiger charge is 2.42. The Morgan fingerprint density at radius 2 is 0.983 bits per heavy atom. The Hall–Kier alpha value is -5.46. The van der Waals surface area contributed by atoms with Crippen LogP contribution in [0.2, 0.25) is 0 Å². The maximum atomic E-state index is 2.59. The fraction of sp³-hybridized carbons (Fsp3) is 0.288. The highest BCUT2D eigenvalue weighted by Crippen LogP contribution is 2.63. The molecule has 59 heavy (non-hydrogen) atoms. The first-order valence-electron chi connectivity index (χ1n) is 22.3. The summed E-state index contributed by atoms with van der Waals surface area (Å²) in [5, 5.41) is 8.36. The maximum absolute atomic E-state index is 2.59. The van der Waals surface area contributed by atoms with E-state index in [1.165, 1.54) is 131 Å². The Kier molecular flexibility index (Phi) is 7.12. The van der Waals surface area contributed by atoms with Gasteiger partial charge in [-0.05, 0) is 163 Å². The Morgan fingerprint density at radius 3 is 1.63 bits per heavy atom. The zero-order chi connectivity index (χ0) is 40.3. The third-order valence-corrected chi connectivity index (χ3v) is 15.4. The van der Waals surface area contributed by atoms with Crippen LogP contribution in [0, 0.1) is 0 Å². The molecule has 0 spiro atoms. The Balaban J connectivity index is 1.25. The van der Waals surface area contributed by atoms with Gasteiger partial charge in [-0.15, -0.1) is 0 Å². The molecule has 0 nitrogen and oxygen atoms in total. The van der Waals surface area contributed by atoms with Crippen molar-refractivity contribution in [2.45, 2.75) is 109 Å². The molecule has 2 unspecified atom stereocenters. The Morgan fingerprint density at radius 1 is 0.424 bits per heavy atom. The molecular weight excluding hydrogens is 709 g/mol. The predicted molar refractivity (Wildman–Crippen MR) is 253 cm³/mol. The van der Waals surface area contributed by atoms with Crippen molar-refractivity contribution >= 4 is 32.3 Å². The normalized spacial score (nSPS) is 18.4. The smallest absolute Gasteiger partial charge is 0.0159 e. The molecule has 8 aromatic carbocycles. The van der Waals surface area contributed by atoms with Gasteiger partial charge in [0, 0.05) is 5.41 Å². The van der Waals surface area contributed by atoms with Crippen molar-refractivity contribution in [1.29, 1.82) is 0 Å². The van der Waals surface area contributed by atoms with Gasteiger partial charge in [-0.25, -0.2) is 0 Å². The van der Waals surface area contributed by atoms with Crippen molar-refractivity contribution in [3.63, 3.8) is 0 Å². The molecule has 0 saturated heterocycles. The van der Waals surface area contributed by atoms with E-state index in [0.717, 1.165) is 0 Å². The molecule has 290 valence electrons. The molecular formula is C59H54. The van der Waals surface area contributed by atoms with Gasteiger partial charge in [-0.3, -0.25) is 0 Å². The molecule has 8 aromatic rings. The van der Waals surface area contributed by atoms with Crippen LogP contribution < -0.4 is 0 Å². The topological polar surface area (TPSA) is 0 Å². The molecule has 2 atom stereocenters. The van der Waals surface area contributed by atoms with E-state index in [4.69, 9.17) is 0 Å². The summed E-state index contributed by atoms with van der Waals surface area (Å²) in [6.07, 6.45) is 5.32. The minimum absolute atomic E-state index is 0.0328. The zero-order valence-corrected chi connectivity index (χ0v) is 36.0. The average molecular weight is 763 g/mol. The highest BCUT2D eigenvalue weighted by molar-refractivity contribution is 6.29. The summed E-state index contributed by atoms with van der Waals surface area (Å²) in [6.45, 7) is 19.1. The molecule has 1 saturated carbocycles. The van der Waals surface area contributed by atoms with Crippen LogP contribution in [-0.2, 0) is 16.2 Å². The lowest BCUT2D eigenvalue weighted by Gasteiger charge is -2.28. The standard InChI is InChI=1S/C59H54/c1-57(2,3)34-26-27-44-48(31-34)59(7,8)49-32-35(58(4,5)6)30-47(52(44)49)54-41-21-12-11-20-40(41)53(55-45-24-13-16-33-17-14-25-46(50(33)45)56(54)55)43-29-28-42-37-19-10-9-18-36(37)38-22-15-23-39(43)51(38)42/h11-17,20-32,36-37H,9-10,18-19H2,1-8H3. The van der Waals surface area contributed by atoms with Crippen molar-refractivity contribution in [3.05, 3.63) is 155 Å². The molecule has 12 rings (SSSR count). The van der Waals surface area contributed by atoms with Gasteiger partial charge in [0.05, 0.1) is 0 Å². The predicted octanol–water partition coefficient (Wildman–Crippen LogP) is 16.8. The van der Waals surface area contributed by atoms with E-state index in [-0.39, 0.29) is 16.2 Å². The van der Waals surface area contributed by atoms with E-state index in [9.17, 15) is 0 Å². The Labute approximate surface area is 350 Å². The number of fused-ring (bicyclic) bond motifs is 10. The molecule has 0 heteroatoms. The number of benzene rings is 8. The van der Waals surface area contributed by atoms with E-state index in [2.05, 4.69) is 177 Å². The lowest BCUT2D eigenvalue weighted by Crippen LogP contribution is -2.19. The first-order chi connectivity index (χ1) is 28.3. The van der Waals surface area contributed by atoms with Gasteiger partial charge in [0.1, 0.15) is 0 Å². The Bertz CT molecular complexity index is 3130. The van der Waals surface area contributed by atoms with E-state index in [1.807, 2.05) is 0 Å². The van der Waals surface area contributed by atoms with Gasteiger partial charge in [-0.1, -0.05) is 183 Å². The van der Waals surface area contributed by atoms with Crippen molar-refractivity contribution in [2.24, 2.45) is 0 Å². The van der Waals surface area contributed by atoms with E-state index < -0.39 is 0 Å². The van der Waals surface area contributed by atoms with Crippen LogP contribution in [0.25, 0.3) is 88.0 Å². The minimum Gasteiger partial charge on any atom is -0.0616 e. The second kappa shape index (κ2) is 11.8. The SMILES string of the molecule is CC(C)(C)c1ccc2c(c1)C(C)(C)c1cc(C(C)(C)C)cc(-c3c4c(c(-c5ccc6c7c(cccc57)C5CCCCC65)c5ccccc35)-c3cccc5cccc-4c35)c1-2. The third-order valence-electron chi connectivity index (χ3n) is 15.4. The summed E-state index contributed by atoms with van der Waals surface area (Å²) in [5.41, 5.74) is 22.6. The summed E-state index contributed by atoms with van der Waals surface area (Å²) < 4.78 is 0. The summed E-state index contributed by atoms with van der Waals surface area (Å²) in [4.78, 5) is 0. The second-order valence-electron chi connectivity index (χ2n) is 21.1. The van der Waals surface area contributed by atoms with Gasteiger partial charge < -0.3 is 0 Å². The van der Waals surface area contributed by atoms with E-state index in [0.29, 0.717) is 11.8 Å². The van der Waals surface area contributed by atoms with E-state index in [1.54, 1.807) is 16.5 Å². The molecule has 1 fully saturated rings. The monoisotopic (exact) mass is 762 g/mol. The van der Waals surface area contributed by atoms with Crippen molar-refractivity contribution in [3.8, 4) is 55.6 Å². The molecule has 0 radical (unpaired) electrons. The largest absolute Gasteiger partial charge is 0.0616 e. The molecule has 4 aliphatic carbocycles. The molecule has 0 bridgehead atoms. The third kappa shape index (κ3) is 4.72. The van der Waals surface area contributed by atoms with Gasteiger partial charge in [0.15, 0.2) is 0 Å². The quantitative estimate of drug-likeness (QED) is 0.165. The van der Waals surface area contributed by atoms with Crippen LogP contribution in [0.1, 0.15) is 126 Å². The highest BCUT2D eigenvalue weighted by atomic mass is 14.4.